The number of carbonyl (C=O) groups is 2. The molecule has 2 amide bonds. The Kier molecular flexibility index (Phi) is 5.62. The first-order valence-electron chi connectivity index (χ1n) is 6.74. The monoisotopic (exact) mass is 320 g/mol. The Hall–Kier alpha value is -2.96. The zero-order valence-electron chi connectivity index (χ0n) is 12.0. The fraction of sp³-hybridized carbons (Fsp3) is 0.125. The van der Waals surface area contributed by atoms with E-state index < -0.39 is 23.4 Å². The molecule has 0 spiro atoms. The molecular formula is C16H14F2N2O3. The van der Waals surface area contributed by atoms with Gasteiger partial charge in [-0.3, -0.25) is 9.59 Å². The van der Waals surface area contributed by atoms with Gasteiger partial charge in [0, 0.05) is 6.07 Å². The Morgan fingerprint density at radius 2 is 1.74 bits per heavy atom. The Bertz CT molecular complexity index is 693. The molecule has 0 radical (unpaired) electrons. The predicted molar refractivity (Wildman–Crippen MR) is 79.9 cm³/mol. The molecule has 120 valence electrons. The molecule has 0 atom stereocenters. The first kappa shape index (κ1) is 16.4. The second-order valence-electron chi connectivity index (χ2n) is 4.55. The van der Waals surface area contributed by atoms with Gasteiger partial charge in [0.15, 0.2) is 6.61 Å². The Balaban J connectivity index is 1.75. The van der Waals surface area contributed by atoms with Crippen molar-refractivity contribution in [2.24, 2.45) is 0 Å². The largest absolute Gasteiger partial charge is 0.484 e. The minimum Gasteiger partial charge on any atom is -0.484 e. The molecule has 0 aliphatic heterocycles. The van der Waals surface area contributed by atoms with Crippen molar-refractivity contribution in [1.29, 1.82) is 0 Å². The summed E-state index contributed by atoms with van der Waals surface area (Å²) in [5.74, 6) is -2.11. The van der Waals surface area contributed by atoms with Crippen LogP contribution in [-0.4, -0.2) is 25.0 Å². The van der Waals surface area contributed by atoms with Crippen molar-refractivity contribution in [2.45, 2.75) is 0 Å². The van der Waals surface area contributed by atoms with Gasteiger partial charge in [-0.15, -0.1) is 0 Å². The van der Waals surface area contributed by atoms with Crippen LogP contribution < -0.4 is 15.4 Å². The summed E-state index contributed by atoms with van der Waals surface area (Å²) >= 11 is 0. The zero-order chi connectivity index (χ0) is 16.7. The molecule has 2 aromatic rings. The van der Waals surface area contributed by atoms with Gasteiger partial charge in [-0.2, -0.15) is 0 Å². The van der Waals surface area contributed by atoms with E-state index in [9.17, 15) is 18.4 Å². The molecule has 0 aliphatic rings. The van der Waals surface area contributed by atoms with E-state index in [1.807, 2.05) is 6.07 Å². The second kappa shape index (κ2) is 7.88. The SMILES string of the molecule is O=C(COc1ccccc1)NCC(=O)Nc1cc(F)ccc1F. The normalized spacial score (nSPS) is 10.0. The summed E-state index contributed by atoms with van der Waals surface area (Å²) in [6, 6.07) is 11.4. The van der Waals surface area contributed by atoms with Gasteiger partial charge in [-0.25, -0.2) is 8.78 Å². The summed E-state index contributed by atoms with van der Waals surface area (Å²) in [5.41, 5.74) is -0.287. The third-order valence-corrected chi connectivity index (χ3v) is 2.76. The Labute approximate surface area is 131 Å². The van der Waals surface area contributed by atoms with Gasteiger partial charge in [-0.05, 0) is 24.3 Å². The Morgan fingerprint density at radius 3 is 2.48 bits per heavy atom. The van der Waals surface area contributed by atoms with Crippen LogP contribution in [0.3, 0.4) is 0 Å². The molecule has 2 N–H and O–H groups in total. The van der Waals surface area contributed by atoms with Crippen LogP contribution in [0.2, 0.25) is 0 Å². The fourth-order valence-electron chi connectivity index (χ4n) is 1.68. The number of hydrogen-bond acceptors (Lipinski definition) is 3. The lowest BCUT2D eigenvalue weighted by Gasteiger charge is -2.09. The fourth-order valence-corrected chi connectivity index (χ4v) is 1.68. The van der Waals surface area contributed by atoms with Crippen molar-refractivity contribution in [3.63, 3.8) is 0 Å². The quantitative estimate of drug-likeness (QED) is 0.856. The molecular weight excluding hydrogens is 306 g/mol. The van der Waals surface area contributed by atoms with Gasteiger partial charge in [0.2, 0.25) is 5.91 Å². The standard InChI is InChI=1S/C16H14F2N2O3/c17-11-6-7-13(18)14(8-11)20-15(21)9-19-16(22)10-23-12-4-2-1-3-5-12/h1-8H,9-10H2,(H,19,22)(H,20,21). The summed E-state index contributed by atoms with van der Waals surface area (Å²) in [5, 5.41) is 4.49. The molecule has 0 saturated carbocycles. The lowest BCUT2D eigenvalue weighted by atomic mass is 10.3. The minimum atomic E-state index is -0.765. The van der Waals surface area contributed by atoms with Crippen LogP contribution in [0.1, 0.15) is 0 Å². The lowest BCUT2D eigenvalue weighted by Crippen LogP contribution is -2.35. The molecule has 7 heteroatoms. The van der Waals surface area contributed by atoms with Crippen molar-refractivity contribution >= 4 is 17.5 Å². The van der Waals surface area contributed by atoms with E-state index in [-0.39, 0.29) is 18.8 Å². The van der Waals surface area contributed by atoms with Gasteiger partial charge >= 0.3 is 0 Å². The van der Waals surface area contributed by atoms with Crippen molar-refractivity contribution in [3.05, 3.63) is 60.2 Å². The molecule has 0 aromatic heterocycles. The van der Waals surface area contributed by atoms with Crippen molar-refractivity contribution < 1.29 is 23.1 Å². The molecule has 0 bridgehead atoms. The predicted octanol–water partition coefficient (Wildman–Crippen LogP) is 2.10. The van der Waals surface area contributed by atoms with E-state index in [1.165, 1.54) is 0 Å². The topological polar surface area (TPSA) is 67.4 Å². The minimum absolute atomic E-state index is 0.258. The van der Waals surface area contributed by atoms with E-state index >= 15 is 0 Å². The highest BCUT2D eigenvalue weighted by atomic mass is 19.1. The van der Waals surface area contributed by atoms with Crippen molar-refractivity contribution in [1.82, 2.24) is 5.32 Å². The highest BCUT2D eigenvalue weighted by Gasteiger charge is 2.10. The van der Waals surface area contributed by atoms with Crippen molar-refractivity contribution in [3.8, 4) is 5.75 Å². The van der Waals surface area contributed by atoms with Crippen LogP contribution in [0.5, 0.6) is 5.75 Å². The first-order valence-corrected chi connectivity index (χ1v) is 6.74. The molecule has 0 aliphatic carbocycles. The van der Waals surface area contributed by atoms with Crippen molar-refractivity contribution in [2.75, 3.05) is 18.5 Å². The van der Waals surface area contributed by atoms with E-state index in [0.717, 1.165) is 18.2 Å². The number of carbonyl (C=O) groups excluding carboxylic acids is 2. The third kappa shape index (κ3) is 5.39. The van der Waals surface area contributed by atoms with Crippen LogP contribution in [0, 0.1) is 11.6 Å². The molecule has 23 heavy (non-hydrogen) atoms. The van der Waals surface area contributed by atoms with Crippen LogP contribution in [0.15, 0.2) is 48.5 Å². The van der Waals surface area contributed by atoms with Gasteiger partial charge < -0.3 is 15.4 Å². The smallest absolute Gasteiger partial charge is 0.258 e. The van der Waals surface area contributed by atoms with E-state index in [4.69, 9.17) is 4.74 Å². The number of anilines is 1. The van der Waals surface area contributed by atoms with E-state index in [0.29, 0.717) is 5.75 Å². The van der Waals surface area contributed by atoms with Gasteiger partial charge in [0.25, 0.3) is 5.91 Å². The lowest BCUT2D eigenvalue weighted by molar-refractivity contribution is -0.125. The number of halogens is 2. The summed E-state index contributed by atoms with van der Waals surface area (Å²) in [6.07, 6.45) is 0. The maximum Gasteiger partial charge on any atom is 0.258 e. The van der Waals surface area contributed by atoms with E-state index in [2.05, 4.69) is 10.6 Å². The first-order chi connectivity index (χ1) is 11.0. The molecule has 0 heterocycles. The van der Waals surface area contributed by atoms with E-state index in [1.54, 1.807) is 24.3 Å². The average Bonchev–Trinajstić information content (AvgIpc) is 2.55. The summed E-state index contributed by atoms with van der Waals surface area (Å²) < 4.78 is 31.5. The summed E-state index contributed by atoms with van der Waals surface area (Å²) in [7, 11) is 0. The number of nitrogens with one attached hydrogen (secondary N) is 2. The summed E-state index contributed by atoms with van der Waals surface area (Å²) in [6.45, 7) is -0.640. The molecule has 0 fully saturated rings. The van der Waals surface area contributed by atoms with Gasteiger partial charge in [-0.1, -0.05) is 18.2 Å². The maximum atomic E-state index is 13.3. The molecule has 2 rings (SSSR count). The molecule has 0 saturated heterocycles. The van der Waals surface area contributed by atoms with Gasteiger partial charge in [0.1, 0.15) is 17.4 Å². The van der Waals surface area contributed by atoms with Crippen LogP contribution in [0.4, 0.5) is 14.5 Å². The molecule has 5 nitrogen and oxygen atoms in total. The maximum absolute atomic E-state index is 13.3. The van der Waals surface area contributed by atoms with Gasteiger partial charge in [0.05, 0.1) is 12.2 Å². The molecule has 2 aromatic carbocycles. The third-order valence-electron chi connectivity index (χ3n) is 2.76. The average molecular weight is 320 g/mol. The number of hydrogen-bond donors (Lipinski definition) is 2. The van der Waals surface area contributed by atoms with Crippen LogP contribution in [-0.2, 0) is 9.59 Å². The number of para-hydroxylation sites is 1. The number of ether oxygens (including phenoxy) is 1. The second-order valence-corrected chi connectivity index (χ2v) is 4.55. The highest BCUT2D eigenvalue weighted by molar-refractivity contribution is 5.94. The summed E-state index contributed by atoms with van der Waals surface area (Å²) in [4.78, 5) is 23.1. The molecule has 0 unspecified atom stereocenters. The number of rotatable bonds is 6. The number of amides is 2. The number of benzene rings is 2. The van der Waals surface area contributed by atoms with Crippen LogP contribution in [0.25, 0.3) is 0 Å². The highest BCUT2D eigenvalue weighted by Crippen LogP contribution is 2.14. The zero-order valence-corrected chi connectivity index (χ0v) is 12.0. The Morgan fingerprint density at radius 1 is 1.00 bits per heavy atom. The van der Waals surface area contributed by atoms with Crippen LogP contribution >= 0.6 is 0 Å².